The maximum absolute atomic E-state index is 13.2. The van der Waals surface area contributed by atoms with Crippen molar-refractivity contribution < 1.29 is 4.79 Å². The van der Waals surface area contributed by atoms with Crippen LogP contribution in [0.1, 0.15) is 34.5 Å². The fourth-order valence-electron chi connectivity index (χ4n) is 4.14. The van der Waals surface area contributed by atoms with Crippen LogP contribution in [0.4, 0.5) is 11.4 Å². The van der Waals surface area contributed by atoms with Gasteiger partial charge in [0.2, 0.25) is 0 Å². The molecule has 0 amide bonds. The van der Waals surface area contributed by atoms with Gasteiger partial charge in [-0.05, 0) is 42.7 Å². The summed E-state index contributed by atoms with van der Waals surface area (Å²) in [6, 6.07) is 15.3. The molecule has 2 aromatic heterocycles. The van der Waals surface area contributed by atoms with Crippen LogP contribution < -0.4 is 16.4 Å². The average molecular weight is 427 g/mol. The lowest BCUT2D eigenvalue weighted by Crippen LogP contribution is -2.43. The number of Topliss-reactive ketones (excluding diaryl/α,β-unsaturated/α-hetero) is 1. The molecule has 0 spiro atoms. The molecule has 162 valence electrons. The highest BCUT2D eigenvalue weighted by molar-refractivity contribution is 6.01. The largest absolute Gasteiger partial charge is 0.397 e. The number of nitrogen functional groups attached to an aromatic ring is 1. The van der Waals surface area contributed by atoms with Crippen LogP contribution >= 0.6 is 0 Å². The van der Waals surface area contributed by atoms with Crippen molar-refractivity contribution in [1.82, 2.24) is 9.97 Å². The lowest BCUT2D eigenvalue weighted by atomic mass is 10.0. The molecule has 4 N–H and O–H groups in total. The van der Waals surface area contributed by atoms with Crippen LogP contribution in [0.25, 0.3) is 11.3 Å². The van der Waals surface area contributed by atoms with Gasteiger partial charge in [-0.3, -0.25) is 9.78 Å². The predicted molar refractivity (Wildman–Crippen MR) is 125 cm³/mol. The Labute approximate surface area is 187 Å². The summed E-state index contributed by atoms with van der Waals surface area (Å²) in [5, 5.41) is 8.96. The molecule has 1 fully saturated rings. The van der Waals surface area contributed by atoms with Crippen molar-refractivity contribution in [2.24, 2.45) is 5.73 Å². The van der Waals surface area contributed by atoms with E-state index in [1.807, 2.05) is 30.3 Å². The number of piperidine rings is 1. The Kier molecular flexibility index (Phi) is 6.43. The summed E-state index contributed by atoms with van der Waals surface area (Å²) in [6.07, 6.45) is 5.99. The number of benzene rings is 1. The zero-order valence-corrected chi connectivity index (χ0v) is 17.9. The van der Waals surface area contributed by atoms with Crippen LogP contribution in [0.15, 0.2) is 54.9 Å². The molecule has 0 saturated carbocycles. The topological polar surface area (TPSA) is 122 Å². The maximum atomic E-state index is 13.2. The van der Waals surface area contributed by atoms with Gasteiger partial charge in [-0.2, -0.15) is 5.26 Å². The second kappa shape index (κ2) is 9.58. The van der Waals surface area contributed by atoms with Crippen LogP contribution in [-0.2, 0) is 12.8 Å². The van der Waals surface area contributed by atoms with Crippen molar-refractivity contribution >= 4 is 17.2 Å². The van der Waals surface area contributed by atoms with E-state index < -0.39 is 0 Å². The van der Waals surface area contributed by atoms with E-state index >= 15 is 0 Å². The molecule has 7 heteroatoms. The van der Waals surface area contributed by atoms with Crippen LogP contribution in [-0.4, -0.2) is 34.9 Å². The van der Waals surface area contributed by atoms with Gasteiger partial charge < -0.3 is 16.4 Å². The molecule has 4 rings (SSSR count). The molecule has 1 aromatic carbocycles. The summed E-state index contributed by atoms with van der Waals surface area (Å²) in [4.78, 5) is 24.3. The first-order chi connectivity index (χ1) is 15.5. The number of anilines is 2. The van der Waals surface area contributed by atoms with Crippen molar-refractivity contribution in [1.29, 1.82) is 5.26 Å². The summed E-state index contributed by atoms with van der Waals surface area (Å²) in [7, 11) is 0. The predicted octanol–water partition coefficient (Wildman–Crippen LogP) is 3.14. The summed E-state index contributed by atoms with van der Waals surface area (Å²) < 4.78 is 0. The Balaban J connectivity index is 1.61. The minimum absolute atomic E-state index is 0.131. The molecule has 1 saturated heterocycles. The molecular weight excluding hydrogens is 400 g/mol. The molecule has 1 atom stereocenters. The summed E-state index contributed by atoms with van der Waals surface area (Å²) in [5.74, 6) is -0.159. The van der Waals surface area contributed by atoms with Gasteiger partial charge in [-0.1, -0.05) is 18.2 Å². The molecule has 0 bridgehead atoms. The van der Waals surface area contributed by atoms with Crippen molar-refractivity contribution in [3.8, 4) is 17.3 Å². The van der Waals surface area contributed by atoms with Gasteiger partial charge in [-0.15, -0.1) is 0 Å². The summed E-state index contributed by atoms with van der Waals surface area (Å²) in [6.45, 7) is 1.67. The van der Waals surface area contributed by atoms with Gasteiger partial charge >= 0.3 is 0 Å². The molecule has 32 heavy (non-hydrogen) atoms. The minimum Gasteiger partial charge on any atom is -0.397 e. The molecule has 0 unspecified atom stereocenters. The number of nitrogens with two attached hydrogens (primary N) is 2. The Bertz CT molecular complexity index is 1170. The van der Waals surface area contributed by atoms with Crippen LogP contribution in [0.2, 0.25) is 0 Å². The number of ketones is 1. The number of rotatable bonds is 6. The van der Waals surface area contributed by atoms with Gasteiger partial charge in [-0.25, -0.2) is 4.98 Å². The van der Waals surface area contributed by atoms with Crippen LogP contribution in [0.5, 0.6) is 0 Å². The molecule has 0 aliphatic carbocycles. The average Bonchev–Trinajstić information content (AvgIpc) is 2.80. The van der Waals surface area contributed by atoms with Crippen molar-refractivity contribution in [3.63, 3.8) is 0 Å². The number of carbonyl (C=O) groups is 1. The number of nitrogens with zero attached hydrogens (tertiary/aromatic N) is 4. The van der Waals surface area contributed by atoms with E-state index in [0.717, 1.165) is 48.3 Å². The van der Waals surface area contributed by atoms with E-state index in [9.17, 15) is 4.79 Å². The van der Waals surface area contributed by atoms with Gasteiger partial charge in [0.05, 0.1) is 23.9 Å². The first kappa shape index (κ1) is 21.5. The standard InChI is InChI=1S/C25H26N6O/c26-10-8-17-3-1-4-18(13-17)22-7-6-21(28)25(30-22)24(32)14-19-15-29-11-9-23(19)31-12-2-5-20(27)16-31/h1,3-4,6-7,9,11,13,15,20H,2,5,8,12,14,16,27-28H2/t20-/m0/s1. The molecular formula is C25H26N6O. The Hall–Kier alpha value is -3.76. The van der Waals surface area contributed by atoms with Crippen molar-refractivity contribution in [2.45, 2.75) is 31.7 Å². The summed E-state index contributed by atoms with van der Waals surface area (Å²) in [5.41, 5.74) is 17.1. The number of nitriles is 1. The first-order valence-electron chi connectivity index (χ1n) is 10.7. The van der Waals surface area contributed by atoms with E-state index in [2.05, 4.69) is 20.9 Å². The van der Waals surface area contributed by atoms with Gasteiger partial charge in [0.1, 0.15) is 5.69 Å². The zero-order valence-electron chi connectivity index (χ0n) is 17.9. The summed E-state index contributed by atoms with van der Waals surface area (Å²) >= 11 is 0. The second-order valence-corrected chi connectivity index (χ2v) is 8.12. The molecule has 1 aliphatic rings. The second-order valence-electron chi connectivity index (χ2n) is 8.12. The minimum atomic E-state index is -0.159. The van der Waals surface area contributed by atoms with E-state index in [0.29, 0.717) is 17.8 Å². The lowest BCUT2D eigenvalue weighted by Gasteiger charge is -2.33. The van der Waals surface area contributed by atoms with Gasteiger partial charge in [0.25, 0.3) is 0 Å². The SMILES string of the molecule is N#CCc1cccc(-c2ccc(N)c(C(=O)Cc3cnccc3N3CCC[C@H](N)C3)n2)c1. The highest BCUT2D eigenvalue weighted by Gasteiger charge is 2.22. The molecule has 0 radical (unpaired) electrons. The van der Waals surface area contributed by atoms with Gasteiger partial charge in [0, 0.05) is 54.8 Å². The molecule has 3 heterocycles. The molecule has 1 aliphatic heterocycles. The number of carbonyl (C=O) groups excluding carboxylic acids is 1. The van der Waals surface area contributed by atoms with Crippen LogP contribution in [0, 0.1) is 11.3 Å². The lowest BCUT2D eigenvalue weighted by molar-refractivity contribution is 0.0989. The molecule has 3 aromatic rings. The third-order valence-corrected chi connectivity index (χ3v) is 5.72. The van der Waals surface area contributed by atoms with E-state index in [1.54, 1.807) is 24.5 Å². The highest BCUT2D eigenvalue weighted by Crippen LogP contribution is 2.26. The van der Waals surface area contributed by atoms with Crippen molar-refractivity contribution in [3.05, 3.63) is 71.7 Å². The highest BCUT2D eigenvalue weighted by atomic mass is 16.1. The third-order valence-electron chi connectivity index (χ3n) is 5.72. The van der Waals surface area contributed by atoms with E-state index in [4.69, 9.17) is 16.7 Å². The Morgan fingerprint density at radius 2 is 2.12 bits per heavy atom. The number of pyridine rings is 2. The quantitative estimate of drug-likeness (QED) is 0.581. The van der Waals surface area contributed by atoms with Gasteiger partial charge in [0.15, 0.2) is 5.78 Å². The molecule has 7 nitrogen and oxygen atoms in total. The monoisotopic (exact) mass is 426 g/mol. The first-order valence-corrected chi connectivity index (χ1v) is 10.7. The number of aromatic nitrogens is 2. The number of hydrogen-bond acceptors (Lipinski definition) is 7. The third kappa shape index (κ3) is 4.76. The maximum Gasteiger partial charge on any atom is 0.187 e. The normalized spacial score (nSPS) is 15.9. The number of hydrogen-bond donors (Lipinski definition) is 2. The Morgan fingerprint density at radius 1 is 1.25 bits per heavy atom. The smallest absolute Gasteiger partial charge is 0.187 e. The Morgan fingerprint density at radius 3 is 2.94 bits per heavy atom. The van der Waals surface area contributed by atoms with Crippen LogP contribution in [0.3, 0.4) is 0 Å². The van der Waals surface area contributed by atoms with E-state index in [1.165, 1.54) is 0 Å². The fraction of sp³-hybridized carbons (Fsp3) is 0.280. The van der Waals surface area contributed by atoms with Crippen molar-refractivity contribution in [2.75, 3.05) is 23.7 Å². The fourth-order valence-corrected chi connectivity index (χ4v) is 4.14. The van der Waals surface area contributed by atoms with E-state index in [-0.39, 0.29) is 23.9 Å². The zero-order chi connectivity index (χ0) is 22.5.